The Kier molecular flexibility index (Phi) is 3.80. The molecule has 0 fully saturated rings. The summed E-state index contributed by atoms with van der Waals surface area (Å²) >= 11 is 0. The van der Waals surface area contributed by atoms with E-state index in [0.717, 1.165) is 0 Å². The van der Waals surface area contributed by atoms with Crippen LogP contribution < -0.4 is 10.4 Å². The normalized spacial score (nSPS) is 12.1. The molecule has 20 heavy (non-hydrogen) atoms. The van der Waals surface area contributed by atoms with Gasteiger partial charge in [-0.1, -0.05) is 102 Å². The quantitative estimate of drug-likeness (QED) is 0.643. The molecule has 0 saturated carbocycles. The Morgan fingerprint density at radius 1 is 0.600 bits per heavy atom. The van der Waals surface area contributed by atoms with E-state index in [9.17, 15) is 0 Å². The molecule has 0 aliphatic heterocycles. The molecule has 0 aliphatic carbocycles. The Balaban J connectivity index is 2.07. The Labute approximate surface area is 122 Å². The van der Waals surface area contributed by atoms with E-state index in [1.807, 2.05) is 0 Å². The van der Waals surface area contributed by atoms with Crippen molar-refractivity contribution in [1.29, 1.82) is 0 Å². The summed E-state index contributed by atoms with van der Waals surface area (Å²) in [6.45, 7) is 2.41. The molecular weight excluding hydrogens is 256 g/mol. The summed E-state index contributed by atoms with van der Waals surface area (Å²) < 4.78 is 0. The third kappa shape index (κ3) is 2.58. The summed E-state index contributed by atoms with van der Waals surface area (Å²) in [5.41, 5.74) is 2.70. The molecule has 0 aliphatic rings. The van der Waals surface area contributed by atoms with Crippen LogP contribution in [0.2, 0.25) is 6.55 Å². The Morgan fingerprint density at radius 2 is 1.15 bits per heavy atom. The molecular formula is C19H18Si. The van der Waals surface area contributed by atoms with Crippen molar-refractivity contribution in [3.05, 3.63) is 84.9 Å². The Hall–Kier alpha value is -2.12. The number of rotatable bonds is 3. The van der Waals surface area contributed by atoms with Crippen molar-refractivity contribution in [3.8, 4) is 11.1 Å². The van der Waals surface area contributed by atoms with Crippen LogP contribution in [0.3, 0.4) is 0 Å². The number of hydrogen-bond acceptors (Lipinski definition) is 0. The first-order valence-corrected chi connectivity index (χ1v) is 9.36. The molecule has 1 unspecified atom stereocenters. The molecule has 0 amide bonds. The maximum Gasteiger partial charge on any atom is 0.100 e. The fourth-order valence-electron chi connectivity index (χ4n) is 2.68. The van der Waals surface area contributed by atoms with Crippen molar-refractivity contribution in [1.82, 2.24) is 0 Å². The molecule has 1 atom stereocenters. The van der Waals surface area contributed by atoms with Crippen molar-refractivity contribution in [2.45, 2.75) is 6.55 Å². The van der Waals surface area contributed by atoms with Gasteiger partial charge in [-0.2, -0.15) is 0 Å². The van der Waals surface area contributed by atoms with Crippen molar-refractivity contribution in [2.75, 3.05) is 0 Å². The highest BCUT2D eigenvalue weighted by Crippen LogP contribution is 2.17. The zero-order valence-corrected chi connectivity index (χ0v) is 12.8. The van der Waals surface area contributed by atoms with E-state index in [2.05, 4.69) is 91.5 Å². The standard InChI is InChI=1S/C19H18Si/c1-20(17-12-6-3-7-13-17)19-15-9-8-14-18(19)16-10-4-2-5-11-16/h2-15,20H,1H3. The highest BCUT2D eigenvalue weighted by molar-refractivity contribution is 6.85. The molecule has 0 aromatic heterocycles. The largest absolute Gasteiger partial charge is 0.100 e. The summed E-state index contributed by atoms with van der Waals surface area (Å²) in [6, 6.07) is 30.4. The average Bonchev–Trinajstić information content (AvgIpc) is 2.56. The van der Waals surface area contributed by atoms with Crippen LogP contribution in [0.4, 0.5) is 0 Å². The van der Waals surface area contributed by atoms with Crippen LogP contribution in [-0.4, -0.2) is 8.80 Å². The minimum Gasteiger partial charge on any atom is -0.0641 e. The predicted octanol–water partition coefficient (Wildman–Crippen LogP) is 3.32. The summed E-state index contributed by atoms with van der Waals surface area (Å²) in [5, 5.41) is 3.01. The smallest absolute Gasteiger partial charge is 0.0641 e. The third-order valence-electron chi connectivity index (χ3n) is 3.81. The van der Waals surface area contributed by atoms with Crippen LogP contribution in [-0.2, 0) is 0 Å². The van der Waals surface area contributed by atoms with Gasteiger partial charge in [0.2, 0.25) is 0 Å². The minimum atomic E-state index is -1.13. The van der Waals surface area contributed by atoms with Gasteiger partial charge < -0.3 is 0 Å². The molecule has 1 heteroatoms. The molecule has 0 heterocycles. The van der Waals surface area contributed by atoms with Crippen molar-refractivity contribution in [3.63, 3.8) is 0 Å². The van der Waals surface area contributed by atoms with Gasteiger partial charge in [0.05, 0.1) is 0 Å². The molecule has 0 N–H and O–H groups in total. The molecule has 0 saturated heterocycles. The Bertz CT molecular complexity index is 674. The molecule has 3 rings (SSSR count). The zero-order chi connectivity index (χ0) is 13.8. The first-order chi connectivity index (χ1) is 9.86. The summed E-state index contributed by atoms with van der Waals surface area (Å²) in [5.74, 6) is 0. The second-order valence-corrected chi connectivity index (χ2v) is 7.82. The van der Waals surface area contributed by atoms with Gasteiger partial charge >= 0.3 is 0 Å². The molecule has 0 radical (unpaired) electrons. The van der Waals surface area contributed by atoms with Crippen LogP contribution in [0.5, 0.6) is 0 Å². The fraction of sp³-hybridized carbons (Fsp3) is 0.0526. The van der Waals surface area contributed by atoms with Crippen molar-refractivity contribution < 1.29 is 0 Å². The van der Waals surface area contributed by atoms with Crippen LogP contribution in [0.25, 0.3) is 11.1 Å². The molecule has 0 bridgehead atoms. The van der Waals surface area contributed by atoms with E-state index in [1.165, 1.54) is 21.5 Å². The predicted molar refractivity (Wildman–Crippen MR) is 90.6 cm³/mol. The van der Waals surface area contributed by atoms with E-state index in [1.54, 1.807) is 0 Å². The summed E-state index contributed by atoms with van der Waals surface area (Å²) in [7, 11) is -1.13. The number of hydrogen-bond donors (Lipinski definition) is 0. The van der Waals surface area contributed by atoms with Crippen LogP contribution in [0, 0.1) is 0 Å². The zero-order valence-electron chi connectivity index (χ0n) is 11.7. The van der Waals surface area contributed by atoms with Crippen LogP contribution in [0.1, 0.15) is 0 Å². The highest BCUT2D eigenvalue weighted by Gasteiger charge is 2.14. The second-order valence-electron chi connectivity index (χ2n) is 5.09. The fourth-order valence-corrected chi connectivity index (χ4v) is 4.96. The molecule has 98 valence electrons. The van der Waals surface area contributed by atoms with Gasteiger partial charge in [-0.25, -0.2) is 0 Å². The molecule has 0 nitrogen and oxygen atoms in total. The van der Waals surface area contributed by atoms with E-state index < -0.39 is 8.80 Å². The SMILES string of the molecule is C[SiH](c1ccccc1)c1ccccc1-c1ccccc1. The summed E-state index contributed by atoms with van der Waals surface area (Å²) in [6.07, 6.45) is 0. The second kappa shape index (κ2) is 5.89. The van der Waals surface area contributed by atoms with E-state index in [-0.39, 0.29) is 0 Å². The highest BCUT2D eigenvalue weighted by atomic mass is 28.3. The van der Waals surface area contributed by atoms with Gasteiger partial charge in [-0.3, -0.25) is 0 Å². The maximum atomic E-state index is 2.41. The van der Waals surface area contributed by atoms with Gasteiger partial charge in [-0.15, -0.1) is 0 Å². The van der Waals surface area contributed by atoms with Crippen molar-refractivity contribution in [2.24, 2.45) is 0 Å². The maximum absolute atomic E-state index is 2.41. The summed E-state index contributed by atoms with van der Waals surface area (Å²) in [4.78, 5) is 0. The van der Waals surface area contributed by atoms with Gasteiger partial charge in [-0.05, 0) is 11.1 Å². The minimum absolute atomic E-state index is 1.13. The average molecular weight is 274 g/mol. The lowest BCUT2D eigenvalue weighted by Gasteiger charge is -2.16. The van der Waals surface area contributed by atoms with Gasteiger partial charge in [0.25, 0.3) is 0 Å². The number of benzene rings is 3. The van der Waals surface area contributed by atoms with E-state index in [4.69, 9.17) is 0 Å². The van der Waals surface area contributed by atoms with Gasteiger partial charge in [0.1, 0.15) is 8.80 Å². The van der Waals surface area contributed by atoms with Crippen LogP contribution in [0.15, 0.2) is 84.9 Å². The first-order valence-electron chi connectivity index (χ1n) is 7.05. The first kappa shape index (κ1) is 12.9. The topological polar surface area (TPSA) is 0 Å². The van der Waals surface area contributed by atoms with Gasteiger partial charge in [0.15, 0.2) is 0 Å². The Morgan fingerprint density at radius 3 is 1.85 bits per heavy atom. The third-order valence-corrected chi connectivity index (χ3v) is 6.63. The van der Waals surface area contributed by atoms with Crippen LogP contribution >= 0.6 is 0 Å². The van der Waals surface area contributed by atoms with E-state index in [0.29, 0.717) is 0 Å². The molecule has 0 spiro atoms. The molecule has 3 aromatic carbocycles. The lowest BCUT2D eigenvalue weighted by Crippen LogP contribution is -2.40. The monoisotopic (exact) mass is 274 g/mol. The lowest BCUT2D eigenvalue weighted by atomic mass is 10.1. The van der Waals surface area contributed by atoms with E-state index >= 15 is 0 Å². The van der Waals surface area contributed by atoms with Gasteiger partial charge in [0, 0.05) is 0 Å². The molecule has 3 aromatic rings. The lowest BCUT2D eigenvalue weighted by molar-refractivity contribution is 1.64. The van der Waals surface area contributed by atoms with Crippen molar-refractivity contribution >= 4 is 19.2 Å².